The Labute approximate surface area is 94.5 Å². The van der Waals surface area contributed by atoms with Crippen LogP contribution in [0.1, 0.15) is 5.56 Å². The van der Waals surface area contributed by atoms with Gasteiger partial charge in [0.2, 0.25) is 0 Å². The monoisotopic (exact) mass is 233 g/mol. The molecule has 0 aliphatic carbocycles. The van der Waals surface area contributed by atoms with Crippen molar-refractivity contribution in [2.24, 2.45) is 0 Å². The average Bonchev–Trinajstić information content (AvgIpc) is 2.58. The van der Waals surface area contributed by atoms with E-state index in [0.717, 1.165) is 10.9 Å². The van der Waals surface area contributed by atoms with Crippen LogP contribution in [-0.4, -0.2) is 4.98 Å². The number of H-pyrrole nitrogens is 1. The van der Waals surface area contributed by atoms with Gasteiger partial charge in [-0.25, -0.2) is 4.79 Å². The number of aromatic amines is 1. The Bertz CT molecular complexity index is 809. The second-order valence-corrected chi connectivity index (χ2v) is 3.95. The van der Waals surface area contributed by atoms with Gasteiger partial charge in [0.05, 0.1) is 0 Å². The molecule has 0 saturated heterocycles. The minimum Gasteiger partial charge on any atom is -0.429 e. The van der Waals surface area contributed by atoms with Crippen LogP contribution < -0.4 is 5.63 Å². The fraction of sp³-hybridized carbons (Fsp3) is 0.0909. The van der Waals surface area contributed by atoms with E-state index in [-0.39, 0.29) is 10.5 Å². The van der Waals surface area contributed by atoms with Crippen LogP contribution in [0.25, 0.3) is 22.1 Å². The van der Waals surface area contributed by atoms with E-state index in [2.05, 4.69) is 4.98 Å². The summed E-state index contributed by atoms with van der Waals surface area (Å²) in [4.78, 5) is 14.5. The number of hydrogen-bond donors (Lipinski definition) is 1. The van der Waals surface area contributed by atoms with E-state index < -0.39 is 0 Å². The topological polar surface area (TPSA) is 59.1 Å². The molecule has 0 saturated carbocycles. The van der Waals surface area contributed by atoms with Crippen molar-refractivity contribution in [2.45, 2.75) is 6.92 Å². The van der Waals surface area contributed by atoms with Gasteiger partial charge in [0.15, 0.2) is 11.2 Å². The number of aryl methyl sites for hydroxylation is 1. The van der Waals surface area contributed by atoms with Gasteiger partial charge < -0.3 is 13.8 Å². The lowest BCUT2D eigenvalue weighted by molar-refractivity contribution is 0.562. The number of aromatic nitrogens is 1. The van der Waals surface area contributed by atoms with E-state index in [1.807, 2.05) is 13.0 Å². The zero-order valence-electron chi connectivity index (χ0n) is 8.37. The number of rotatable bonds is 0. The van der Waals surface area contributed by atoms with Gasteiger partial charge in [-0.3, -0.25) is 0 Å². The number of hydrogen-bond acceptors (Lipinski definition) is 4. The quantitative estimate of drug-likeness (QED) is 0.479. The Morgan fingerprint density at radius 2 is 2.12 bits per heavy atom. The van der Waals surface area contributed by atoms with Crippen molar-refractivity contribution >= 4 is 34.3 Å². The molecular formula is C11H7NO3S. The summed E-state index contributed by atoms with van der Waals surface area (Å²) < 4.78 is 10.4. The molecule has 2 aromatic heterocycles. The molecule has 3 aromatic rings. The van der Waals surface area contributed by atoms with E-state index in [1.165, 1.54) is 6.07 Å². The molecule has 0 aliphatic rings. The van der Waals surface area contributed by atoms with E-state index in [9.17, 15) is 4.79 Å². The van der Waals surface area contributed by atoms with Crippen LogP contribution in [-0.2, 0) is 0 Å². The van der Waals surface area contributed by atoms with Crippen molar-refractivity contribution in [1.29, 1.82) is 0 Å². The van der Waals surface area contributed by atoms with Gasteiger partial charge in [-0.05, 0) is 36.8 Å². The molecule has 2 heterocycles. The summed E-state index contributed by atoms with van der Waals surface area (Å²) >= 11 is 4.90. The Hall–Kier alpha value is -1.88. The lowest BCUT2D eigenvalue weighted by Crippen LogP contribution is -1.97. The molecule has 5 heteroatoms. The second kappa shape index (κ2) is 3.05. The molecule has 0 fully saturated rings. The number of nitrogens with one attached hydrogen (secondary N) is 1. The zero-order chi connectivity index (χ0) is 11.3. The zero-order valence-corrected chi connectivity index (χ0v) is 9.18. The second-order valence-electron chi connectivity index (χ2n) is 3.58. The Morgan fingerprint density at radius 3 is 2.94 bits per heavy atom. The molecule has 0 radical (unpaired) electrons. The van der Waals surface area contributed by atoms with Gasteiger partial charge in [0.1, 0.15) is 5.52 Å². The first-order valence-electron chi connectivity index (χ1n) is 4.71. The maximum atomic E-state index is 11.3. The van der Waals surface area contributed by atoms with Gasteiger partial charge in [0, 0.05) is 11.5 Å². The normalized spacial score (nSPS) is 11.3. The summed E-state index contributed by atoms with van der Waals surface area (Å²) in [5, 5.41) is 0.874. The summed E-state index contributed by atoms with van der Waals surface area (Å²) in [7, 11) is 0. The van der Waals surface area contributed by atoms with Crippen molar-refractivity contribution in [2.75, 3.05) is 0 Å². The van der Waals surface area contributed by atoms with Crippen LogP contribution in [0.5, 0.6) is 0 Å². The fourth-order valence-electron chi connectivity index (χ4n) is 1.80. The summed E-state index contributed by atoms with van der Waals surface area (Å²) in [5.74, 6) is 0. The summed E-state index contributed by atoms with van der Waals surface area (Å²) in [6.07, 6.45) is 0. The molecule has 1 N–H and O–H groups in total. The lowest BCUT2D eigenvalue weighted by Gasteiger charge is -1.99. The number of benzene rings is 1. The summed E-state index contributed by atoms with van der Waals surface area (Å²) in [6, 6.07) is 5.11. The van der Waals surface area contributed by atoms with Crippen molar-refractivity contribution in [3.63, 3.8) is 0 Å². The summed E-state index contributed by atoms with van der Waals surface area (Å²) in [5.41, 5.74) is 2.20. The first-order chi connectivity index (χ1) is 7.65. The van der Waals surface area contributed by atoms with Gasteiger partial charge in [-0.2, -0.15) is 0 Å². The van der Waals surface area contributed by atoms with Crippen LogP contribution in [0.2, 0.25) is 0 Å². The average molecular weight is 233 g/mol. The SMILES string of the molecule is Cc1cc(=O)oc2c1ccc1oc(=S)[nH]c12. The van der Waals surface area contributed by atoms with Gasteiger partial charge >= 0.3 is 5.63 Å². The van der Waals surface area contributed by atoms with Crippen LogP contribution in [0.3, 0.4) is 0 Å². The predicted octanol–water partition coefficient (Wildman–Crippen LogP) is 2.91. The van der Waals surface area contributed by atoms with Crippen LogP contribution in [0.15, 0.2) is 31.8 Å². The Kier molecular flexibility index (Phi) is 1.79. The highest BCUT2D eigenvalue weighted by Gasteiger charge is 2.09. The van der Waals surface area contributed by atoms with E-state index in [4.69, 9.17) is 21.1 Å². The molecule has 0 bridgehead atoms. The first-order valence-corrected chi connectivity index (χ1v) is 5.12. The van der Waals surface area contributed by atoms with Gasteiger partial charge in [-0.1, -0.05) is 0 Å². The van der Waals surface area contributed by atoms with Crippen molar-refractivity contribution in [1.82, 2.24) is 4.98 Å². The largest absolute Gasteiger partial charge is 0.429 e. The molecule has 3 rings (SSSR count). The molecule has 0 amide bonds. The van der Waals surface area contributed by atoms with Gasteiger partial charge in [0.25, 0.3) is 4.84 Å². The van der Waals surface area contributed by atoms with Crippen molar-refractivity contribution in [3.8, 4) is 0 Å². The molecule has 1 aromatic carbocycles. The lowest BCUT2D eigenvalue weighted by atomic mass is 10.1. The molecule has 80 valence electrons. The third kappa shape index (κ3) is 1.22. The first kappa shape index (κ1) is 9.35. The van der Waals surface area contributed by atoms with Crippen LogP contribution >= 0.6 is 12.2 Å². The Balaban J connectivity index is 2.69. The maximum absolute atomic E-state index is 11.3. The van der Waals surface area contributed by atoms with Gasteiger partial charge in [-0.15, -0.1) is 0 Å². The molecule has 0 unspecified atom stereocenters. The molecule has 16 heavy (non-hydrogen) atoms. The molecule has 4 nitrogen and oxygen atoms in total. The minimum absolute atomic E-state index is 0.270. The van der Waals surface area contributed by atoms with E-state index in [0.29, 0.717) is 16.7 Å². The Morgan fingerprint density at radius 1 is 1.31 bits per heavy atom. The number of fused-ring (bicyclic) bond motifs is 3. The highest BCUT2D eigenvalue weighted by Crippen LogP contribution is 2.25. The third-order valence-electron chi connectivity index (χ3n) is 2.51. The summed E-state index contributed by atoms with van der Waals surface area (Å²) in [6.45, 7) is 1.86. The van der Waals surface area contributed by atoms with E-state index >= 15 is 0 Å². The minimum atomic E-state index is -0.377. The molecule has 0 spiro atoms. The molecule has 0 atom stereocenters. The fourth-order valence-corrected chi connectivity index (χ4v) is 1.99. The highest BCUT2D eigenvalue weighted by molar-refractivity contribution is 7.71. The smallest absolute Gasteiger partial charge is 0.336 e. The third-order valence-corrected chi connectivity index (χ3v) is 2.70. The molecule has 0 aliphatic heterocycles. The standard InChI is InChI=1S/C11H7NO3S/c1-5-4-8(13)15-10-6(5)2-3-7-9(10)12-11(16)14-7/h2-4H,1H3,(H,12,16). The van der Waals surface area contributed by atoms with Crippen LogP contribution in [0, 0.1) is 11.8 Å². The van der Waals surface area contributed by atoms with Crippen molar-refractivity contribution < 1.29 is 8.83 Å². The molecular weight excluding hydrogens is 226 g/mol. The van der Waals surface area contributed by atoms with Crippen molar-refractivity contribution in [3.05, 3.63) is 39.0 Å². The van der Waals surface area contributed by atoms with Crippen LogP contribution in [0.4, 0.5) is 0 Å². The predicted molar refractivity (Wildman–Crippen MR) is 62.2 cm³/mol. The van der Waals surface area contributed by atoms with E-state index in [1.54, 1.807) is 6.07 Å². The highest BCUT2D eigenvalue weighted by atomic mass is 32.1. The maximum Gasteiger partial charge on any atom is 0.336 e. The number of oxazole rings is 1.